The molecule has 29 heavy (non-hydrogen) atoms. The summed E-state index contributed by atoms with van der Waals surface area (Å²) in [6.07, 6.45) is 1.95. The third kappa shape index (κ3) is 3.78. The van der Waals surface area contributed by atoms with Crippen LogP contribution < -0.4 is 13.9 Å². The van der Waals surface area contributed by atoms with E-state index in [1.54, 1.807) is 36.4 Å². The van der Waals surface area contributed by atoms with Gasteiger partial charge >= 0.3 is 6.61 Å². The maximum Gasteiger partial charge on any atom is 0.387 e. The SMILES string of the molecule is O=C(c1ccc(N2CCCS2(=O)=O)cc1)N1CCCc2cccc(OC(F)F)c21. The number of alkyl halides is 2. The molecule has 1 fully saturated rings. The first-order valence-corrected chi connectivity index (χ1v) is 11.0. The highest BCUT2D eigenvalue weighted by Crippen LogP contribution is 2.38. The smallest absolute Gasteiger partial charge is 0.387 e. The molecule has 2 aliphatic rings. The summed E-state index contributed by atoms with van der Waals surface area (Å²) in [4.78, 5) is 14.6. The molecule has 4 rings (SSSR count). The number of anilines is 2. The fraction of sp³-hybridized carbons (Fsp3) is 0.350. The topological polar surface area (TPSA) is 66.9 Å². The van der Waals surface area contributed by atoms with Gasteiger partial charge in [-0.2, -0.15) is 8.78 Å². The number of halogens is 2. The molecule has 0 aliphatic carbocycles. The Kier molecular flexibility index (Phi) is 5.16. The molecular weight excluding hydrogens is 402 g/mol. The van der Waals surface area contributed by atoms with E-state index in [1.807, 2.05) is 0 Å². The number of fused-ring (bicyclic) bond motifs is 1. The molecule has 1 amide bonds. The van der Waals surface area contributed by atoms with Crippen molar-refractivity contribution in [1.29, 1.82) is 0 Å². The van der Waals surface area contributed by atoms with Gasteiger partial charge in [0.25, 0.3) is 5.91 Å². The summed E-state index contributed by atoms with van der Waals surface area (Å²) in [7, 11) is -3.30. The Hall–Kier alpha value is -2.68. The molecule has 9 heteroatoms. The van der Waals surface area contributed by atoms with Crippen LogP contribution in [0.25, 0.3) is 0 Å². The van der Waals surface area contributed by atoms with Gasteiger partial charge in [-0.05, 0) is 55.2 Å². The summed E-state index contributed by atoms with van der Waals surface area (Å²) in [5.74, 6) is -0.247. The summed E-state index contributed by atoms with van der Waals surface area (Å²) in [6.45, 7) is -2.18. The van der Waals surface area contributed by atoms with Crippen molar-refractivity contribution < 1.29 is 26.7 Å². The number of benzene rings is 2. The van der Waals surface area contributed by atoms with Crippen LogP contribution in [0.15, 0.2) is 42.5 Å². The number of amides is 1. The summed E-state index contributed by atoms with van der Waals surface area (Å²) >= 11 is 0. The molecule has 0 bridgehead atoms. The predicted octanol–water partition coefficient (Wildman–Crippen LogP) is 3.42. The normalized spacial score (nSPS) is 18.0. The van der Waals surface area contributed by atoms with E-state index >= 15 is 0 Å². The summed E-state index contributed by atoms with van der Waals surface area (Å²) in [5, 5.41) is 0. The van der Waals surface area contributed by atoms with E-state index in [0.717, 1.165) is 5.56 Å². The zero-order valence-electron chi connectivity index (χ0n) is 15.6. The van der Waals surface area contributed by atoms with Gasteiger partial charge in [-0.25, -0.2) is 8.42 Å². The second-order valence-electron chi connectivity index (χ2n) is 6.99. The quantitative estimate of drug-likeness (QED) is 0.757. The number of aryl methyl sites for hydroxylation is 1. The number of para-hydroxylation sites is 1. The van der Waals surface area contributed by atoms with E-state index in [0.29, 0.717) is 49.3 Å². The lowest BCUT2D eigenvalue weighted by atomic mass is 10.00. The van der Waals surface area contributed by atoms with Gasteiger partial charge in [-0.15, -0.1) is 0 Å². The average molecular weight is 422 g/mol. The Morgan fingerprint density at radius 1 is 1.03 bits per heavy atom. The Morgan fingerprint density at radius 2 is 1.79 bits per heavy atom. The lowest BCUT2D eigenvalue weighted by Crippen LogP contribution is -2.36. The van der Waals surface area contributed by atoms with Gasteiger partial charge in [-0.3, -0.25) is 9.10 Å². The van der Waals surface area contributed by atoms with E-state index in [1.165, 1.54) is 15.3 Å². The zero-order chi connectivity index (χ0) is 20.6. The van der Waals surface area contributed by atoms with Gasteiger partial charge in [0, 0.05) is 18.7 Å². The number of hydrogen-bond acceptors (Lipinski definition) is 4. The number of nitrogens with zero attached hydrogens (tertiary/aromatic N) is 2. The van der Waals surface area contributed by atoms with Crippen LogP contribution in [0.1, 0.15) is 28.8 Å². The molecule has 0 N–H and O–H groups in total. The molecule has 6 nitrogen and oxygen atoms in total. The van der Waals surface area contributed by atoms with E-state index in [4.69, 9.17) is 0 Å². The summed E-state index contributed by atoms with van der Waals surface area (Å²) in [5.41, 5.74) is 2.02. The third-order valence-electron chi connectivity index (χ3n) is 5.14. The minimum atomic E-state index is -3.30. The van der Waals surface area contributed by atoms with Gasteiger partial charge < -0.3 is 9.64 Å². The van der Waals surface area contributed by atoms with Crippen LogP contribution in [-0.2, 0) is 16.4 Å². The monoisotopic (exact) mass is 422 g/mol. The lowest BCUT2D eigenvalue weighted by Gasteiger charge is -2.31. The molecule has 0 aromatic heterocycles. The van der Waals surface area contributed by atoms with Crippen molar-refractivity contribution in [2.45, 2.75) is 25.9 Å². The van der Waals surface area contributed by atoms with Crippen LogP contribution in [-0.4, -0.2) is 39.8 Å². The molecule has 1 saturated heterocycles. The minimum absolute atomic E-state index is 0.0228. The van der Waals surface area contributed by atoms with Crippen molar-refractivity contribution >= 4 is 27.3 Å². The van der Waals surface area contributed by atoms with Crippen LogP contribution in [0.5, 0.6) is 5.75 Å². The number of sulfonamides is 1. The first-order valence-electron chi connectivity index (χ1n) is 9.36. The standard InChI is InChI=1S/C20H20F2N2O4S/c21-20(22)28-17-6-1-4-14-5-2-11-23(18(14)17)19(25)15-7-9-16(10-8-15)24-12-3-13-29(24,26)27/h1,4,6-10,20H,2-3,5,11-13H2. The van der Waals surface area contributed by atoms with Gasteiger partial charge in [0.15, 0.2) is 0 Å². The van der Waals surface area contributed by atoms with Crippen molar-refractivity contribution in [3.05, 3.63) is 53.6 Å². The van der Waals surface area contributed by atoms with Crippen molar-refractivity contribution in [2.75, 3.05) is 28.0 Å². The summed E-state index contributed by atoms with van der Waals surface area (Å²) in [6, 6.07) is 11.2. The maximum absolute atomic E-state index is 13.1. The highest BCUT2D eigenvalue weighted by molar-refractivity contribution is 7.93. The van der Waals surface area contributed by atoms with Crippen molar-refractivity contribution in [2.24, 2.45) is 0 Å². The van der Waals surface area contributed by atoms with Crippen molar-refractivity contribution in [3.8, 4) is 5.75 Å². The predicted molar refractivity (Wildman–Crippen MR) is 105 cm³/mol. The van der Waals surface area contributed by atoms with E-state index in [-0.39, 0.29) is 17.4 Å². The number of carbonyl (C=O) groups is 1. The number of ether oxygens (including phenoxy) is 1. The van der Waals surface area contributed by atoms with Gasteiger partial charge in [0.1, 0.15) is 5.75 Å². The van der Waals surface area contributed by atoms with Crippen LogP contribution in [0.4, 0.5) is 20.2 Å². The molecule has 0 saturated carbocycles. The molecule has 0 radical (unpaired) electrons. The van der Waals surface area contributed by atoms with Crippen LogP contribution >= 0.6 is 0 Å². The molecule has 0 atom stereocenters. The molecule has 154 valence electrons. The number of carbonyl (C=O) groups excluding carboxylic acids is 1. The highest BCUT2D eigenvalue weighted by atomic mass is 32.2. The highest BCUT2D eigenvalue weighted by Gasteiger charge is 2.30. The molecule has 2 aliphatic heterocycles. The fourth-order valence-corrected chi connectivity index (χ4v) is 5.43. The van der Waals surface area contributed by atoms with Gasteiger partial charge in [-0.1, -0.05) is 12.1 Å². The largest absolute Gasteiger partial charge is 0.433 e. The molecule has 2 heterocycles. The zero-order valence-corrected chi connectivity index (χ0v) is 16.4. The third-order valence-corrected chi connectivity index (χ3v) is 7.01. The van der Waals surface area contributed by atoms with Crippen molar-refractivity contribution in [1.82, 2.24) is 0 Å². The second kappa shape index (κ2) is 7.62. The number of hydrogen-bond donors (Lipinski definition) is 0. The molecule has 0 spiro atoms. The molecule has 2 aromatic carbocycles. The van der Waals surface area contributed by atoms with Gasteiger partial charge in [0.05, 0.1) is 17.1 Å². The van der Waals surface area contributed by atoms with Crippen LogP contribution in [0.3, 0.4) is 0 Å². The Labute approximate surface area is 167 Å². The van der Waals surface area contributed by atoms with Crippen molar-refractivity contribution in [3.63, 3.8) is 0 Å². The van der Waals surface area contributed by atoms with Gasteiger partial charge in [0.2, 0.25) is 10.0 Å². The summed E-state index contributed by atoms with van der Waals surface area (Å²) < 4.78 is 55.7. The Morgan fingerprint density at radius 3 is 2.45 bits per heavy atom. The Balaban J connectivity index is 1.63. The van der Waals surface area contributed by atoms with E-state index < -0.39 is 16.6 Å². The molecule has 0 unspecified atom stereocenters. The maximum atomic E-state index is 13.1. The first-order chi connectivity index (χ1) is 13.9. The molecule has 2 aromatic rings. The first kappa shape index (κ1) is 19.6. The number of rotatable bonds is 4. The van der Waals surface area contributed by atoms with Crippen LogP contribution in [0, 0.1) is 0 Å². The fourth-order valence-electron chi connectivity index (χ4n) is 3.87. The van der Waals surface area contributed by atoms with E-state index in [9.17, 15) is 22.0 Å². The minimum Gasteiger partial charge on any atom is -0.433 e. The molecular formula is C20H20F2N2O4S. The average Bonchev–Trinajstić information content (AvgIpc) is 3.06. The lowest BCUT2D eigenvalue weighted by molar-refractivity contribution is -0.0495. The Bertz CT molecular complexity index is 1030. The van der Waals surface area contributed by atoms with E-state index in [2.05, 4.69) is 4.74 Å². The second-order valence-corrected chi connectivity index (χ2v) is 9.00. The van der Waals surface area contributed by atoms with Crippen LogP contribution in [0.2, 0.25) is 0 Å².